The third kappa shape index (κ3) is 4.44. The fraction of sp³-hybridized carbons (Fsp3) is 0.562. The van der Waals surface area contributed by atoms with Gasteiger partial charge in [-0.05, 0) is 31.0 Å². The summed E-state index contributed by atoms with van der Waals surface area (Å²) in [6.07, 6.45) is 4.64. The van der Waals surface area contributed by atoms with Crippen molar-refractivity contribution in [1.82, 2.24) is 5.32 Å². The minimum atomic E-state index is -0.100. The van der Waals surface area contributed by atoms with Gasteiger partial charge in [-0.2, -0.15) is 0 Å². The highest BCUT2D eigenvalue weighted by molar-refractivity contribution is 5.96. The SMILES string of the molecule is CCCCN(CCCC)c1ccc(C(=O)NC)cc1N. The van der Waals surface area contributed by atoms with E-state index in [0.717, 1.165) is 31.6 Å². The van der Waals surface area contributed by atoms with Gasteiger partial charge in [0.15, 0.2) is 0 Å². The van der Waals surface area contributed by atoms with E-state index < -0.39 is 0 Å². The number of hydrogen-bond donors (Lipinski definition) is 2. The van der Waals surface area contributed by atoms with Crippen LogP contribution in [0.25, 0.3) is 0 Å². The van der Waals surface area contributed by atoms with Gasteiger partial charge in [-0.3, -0.25) is 4.79 Å². The topological polar surface area (TPSA) is 58.4 Å². The van der Waals surface area contributed by atoms with Gasteiger partial charge in [-0.25, -0.2) is 0 Å². The van der Waals surface area contributed by atoms with Crippen molar-refractivity contribution in [2.45, 2.75) is 39.5 Å². The Morgan fingerprint density at radius 2 is 1.80 bits per heavy atom. The van der Waals surface area contributed by atoms with E-state index in [1.54, 1.807) is 13.1 Å². The van der Waals surface area contributed by atoms with E-state index >= 15 is 0 Å². The van der Waals surface area contributed by atoms with E-state index in [1.165, 1.54) is 12.8 Å². The second kappa shape index (κ2) is 8.46. The van der Waals surface area contributed by atoms with Crippen molar-refractivity contribution in [2.75, 3.05) is 30.8 Å². The largest absolute Gasteiger partial charge is 0.397 e. The van der Waals surface area contributed by atoms with Crippen LogP contribution in [-0.4, -0.2) is 26.0 Å². The Hall–Kier alpha value is -1.71. The Morgan fingerprint density at radius 3 is 2.25 bits per heavy atom. The molecule has 1 rings (SSSR count). The molecule has 112 valence electrons. The molecular weight excluding hydrogens is 250 g/mol. The van der Waals surface area contributed by atoms with Crippen molar-refractivity contribution in [3.05, 3.63) is 23.8 Å². The van der Waals surface area contributed by atoms with Gasteiger partial charge in [0.2, 0.25) is 0 Å². The Kier molecular flexibility index (Phi) is 6.91. The lowest BCUT2D eigenvalue weighted by molar-refractivity contribution is 0.0963. The monoisotopic (exact) mass is 277 g/mol. The van der Waals surface area contributed by atoms with E-state index in [9.17, 15) is 4.79 Å². The molecule has 1 aromatic rings. The van der Waals surface area contributed by atoms with Crippen LogP contribution in [0.4, 0.5) is 11.4 Å². The number of anilines is 2. The molecule has 1 aromatic carbocycles. The van der Waals surface area contributed by atoms with E-state index in [1.807, 2.05) is 12.1 Å². The summed E-state index contributed by atoms with van der Waals surface area (Å²) in [7, 11) is 1.63. The van der Waals surface area contributed by atoms with Crippen molar-refractivity contribution in [3.63, 3.8) is 0 Å². The normalized spacial score (nSPS) is 10.3. The van der Waals surface area contributed by atoms with Gasteiger partial charge in [0.05, 0.1) is 11.4 Å². The molecule has 0 saturated heterocycles. The van der Waals surface area contributed by atoms with Crippen molar-refractivity contribution in [1.29, 1.82) is 0 Å². The first-order valence-electron chi connectivity index (χ1n) is 7.50. The van der Waals surface area contributed by atoms with E-state index in [0.29, 0.717) is 11.3 Å². The zero-order chi connectivity index (χ0) is 15.0. The van der Waals surface area contributed by atoms with Crippen LogP contribution >= 0.6 is 0 Å². The molecule has 4 nitrogen and oxygen atoms in total. The van der Waals surface area contributed by atoms with Crippen LogP contribution in [0.2, 0.25) is 0 Å². The van der Waals surface area contributed by atoms with E-state index in [2.05, 4.69) is 24.1 Å². The number of nitrogens with zero attached hydrogens (tertiary/aromatic N) is 1. The van der Waals surface area contributed by atoms with Crippen LogP contribution in [0.15, 0.2) is 18.2 Å². The standard InChI is InChI=1S/C16H27N3O/c1-4-6-10-19(11-7-5-2)15-9-8-13(12-14(15)17)16(20)18-3/h8-9,12H,4-7,10-11,17H2,1-3H3,(H,18,20). The number of carbonyl (C=O) groups excluding carboxylic acids is 1. The number of nitrogens with one attached hydrogen (secondary N) is 1. The van der Waals surface area contributed by atoms with Crippen LogP contribution in [-0.2, 0) is 0 Å². The minimum absolute atomic E-state index is 0.100. The Balaban J connectivity index is 2.91. The van der Waals surface area contributed by atoms with Gasteiger partial charge in [0.25, 0.3) is 5.91 Å². The molecule has 3 N–H and O–H groups in total. The smallest absolute Gasteiger partial charge is 0.251 e. The number of unbranched alkanes of at least 4 members (excludes halogenated alkanes) is 2. The first-order valence-corrected chi connectivity index (χ1v) is 7.50. The fourth-order valence-corrected chi connectivity index (χ4v) is 2.18. The molecule has 0 atom stereocenters. The molecule has 0 aliphatic carbocycles. The minimum Gasteiger partial charge on any atom is -0.397 e. The first-order chi connectivity index (χ1) is 9.63. The van der Waals surface area contributed by atoms with Crippen molar-refractivity contribution < 1.29 is 4.79 Å². The van der Waals surface area contributed by atoms with Gasteiger partial charge >= 0.3 is 0 Å². The summed E-state index contributed by atoms with van der Waals surface area (Å²) in [5, 5.41) is 2.62. The van der Waals surface area contributed by atoms with Crippen LogP contribution in [0.1, 0.15) is 49.9 Å². The number of nitrogens with two attached hydrogens (primary N) is 1. The molecule has 0 unspecified atom stereocenters. The molecule has 0 aliphatic heterocycles. The maximum absolute atomic E-state index is 11.6. The quantitative estimate of drug-likeness (QED) is 0.718. The van der Waals surface area contributed by atoms with Crippen LogP contribution in [0.5, 0.6) is 0 Å². The van der Waals surface area contributed by atoms with Gasteiger partial charge in [0, 0.05) is 25.7 Å². The lowest BCUT2D eigenvalue weighted by Crippen LogP contribution is -2.27. The molecule has 0 radical (unpaired) electrons. The zero-order valence-corrected chi connectivity index (χ0v) is 12.9. The molecule has 0 aromatic heterocycles. The summed E-state index contributed by atoms with van der Waals surface area (Å²) in [6, 6.07) is 5.57. The highest BCUT2D eigenvalue weighted by atomic mass is 16.1. The summed E-state index contributed by atoms with van der Waals surface area (Å²) in [4.78, 5) is 13.9. The van der Waals surface area contributed by atoms with E-state index in [-0.39, 0.29) is 5.91 Å². The van der Waals surface area contributed by atoms with Crippen LogP contribution in [0.3, 0.4) is 0 Å². The molecule has 1 amide bonds. The molecule has 0 saturated carbocycles. The summed E-state index contributed by atoms with van der Waals surface area (Å²) < 4.78 is 0. The second-order valence-corrected chi connectivity index (χ2v) is 5.05. The van der Waals surface area contributed by atoms with Crippen LogP contribution < -0.4 is 16.0 Å². The van der Waals surface area contributed by atoms with Gasteiger partial charge in [-0.15, -0.1) is 0 Å². The summed E-state index contributed by atoms with van der Waals surface area (Å²) >= 11 is 0. The lowest BCUT2D eigenvalue weighted by Gasteiger charge is -2.26. The predicted molar refractivity (Wildman–Crippen MR) is 86.3 cm³/mol. The lowest BCUT2D eigenvalue weighted by atomic mass is 10.1. The molecular formula is C16H27N3O. The number of carbonyl (C=O) groups is 1. The number of hydrogen-bond acceptors (Lipinski definition) is 3. The fourth-order valence-electron chi connectivity index (χ4n) is 2.18. The van der Waals surface area contributed by atoms with Gasteiger partial charge in [-0.1, -0.05) is 26.7 Å². The molecule has 4 heteroatoms. The molecule has 0 bridgehead atoms. The summed E-state index contributed by atoms with van der Waals surface area (Å²) in [5.41, 5.74) is 8.47. The molecule has 0 spiro atoms. The van der Waals surface area contributed by atoms with Crippen molar-refractivity contribution in [3.8, 4) is 0 Å². The Bertz CT molecular complexity index is 424. The van der Waals surface area contributed by atoms with Crippen molar-refractivity contribution >= 4 is 17.3 Å². The number of amides is 1. The molecule has 0 aliphatic rings. The highest BCUT2D eigenvalue weighted by Crippen LogP contribution is 2.25. The predicted octanol–water partition coefficient (Wildman–Crippen LogP) is 3.04. The Morgan fingerprint density at radius 1 is 1.20 bits per heavy atom. The second-order valence-electron chi connectivity index (χ2n) is 5.05. The first kappa shape index (κ1) is 16.3. The Labute approximate surface area is 122 Å². The molecule has 0 fully saturated rings. The summed E-state index contributed by atoms with van der Waals surface area (Å²) in [6.45, 7) is 6.41. The number of benzene rings is 1. The van der Waals surface area contributed by atoms with E-state index in [4.69, 9.17) is 5.73 Å². The van der Waals surface area contributed by atoms with Crippen LogP contribution in [0, 0.1) is 0 Å². The third-order valence-corrected chi connectivity index (χ3v) is 3.42. The third-order valence-electron chi connectivity index (χ3n) is 3.42. The maximum atomic E-state index is 11.6. The van der Waals surface area contributed by atoms with Crippen molar-refractivity contribution in [2.24, 2.45) is 0 Å². The zero-order valence-electron chi connectivity index (χ0n) is 12.9. The van der Waals surface area contributed by atoms with Gasteiger partial charge in [0.1, 0.15) is 0 Å². The average Bonchev–Trinajstić information content (AvgIpc) is 2.47. The molecule has 0 heterocycles. The maximum Gasteiger partial charge on any atom is 0.251 e. The molecule has 20 heavy (non-hydrogen) atoms. The number of rotatable bonds is 8. The average molecular weight is 277 g/mol. The summed E-state index contributed by atoms with van der Waals surface area (Å²) in [5.74, 6) is -0.100. The highest BCUT2D eigenvalue weighted by Gasteiger charge is 2.11. The van der Waals surface area contributed by atoms with Gasteiger partial charge < -0.3 is 16.0 Å². The number of nitrogen functional groups attached to an aromatic ring is 1.